The quantitative estimate of drug-likeness (QED) is 0.815. The van der Waals surface area contributed by atoms with Crippen molar-refractivity contribution in [2.75, 3.05) is 0 Å². The molecule has 1 N–H and O–H groups in total. The second-order valence-electron chi connectivity index (χ2n) is 5.04. The number of hydrogen-bond donors (Lipinski definition) is 1. The summed E-state index contributed by atoms with van der Waals surface area (Å²) >= 11 is 0. The molecule has 6 nitrogen and oxygen atoms in total. The van der Waals surface area contributed by atoms with Gasteiger partial charge in [0.25, 0.3) is 0 Å². The van der Waals surface area contributed by atoms with Gasteiger partial charge in [0.15, 0.2) is 5.82 Å². The maximum absolute atomic E-state index is 11.2. The van der Waals surface area contributed by atoms with Gasteiger partial charge in [0.1, 0.15) is 0 Å². The SMILES string of the molecule is CC(C)CC(Cn1nnnc1C(C)C)C(=O)O. The maximum atomic E-state index is 11.2. The lowest BCUT2D eigenvalue weighted by molar-refractivity contribution is -0.142. The van der Waals surface area contributed by atoms with Gasteiger partial charge >= 0.3 is 5.97 Å². The van der Waals surface area contributed by atoms with E-state index in [1.165, 1.54) is 0 Å². The fourth-order valence-electron chi connectivity index (χ4n) is 1.79. The number of carbonyl (C=O) groups is 1. The van der Waals surface area contributed by atoms with Crippen molar-refractivity contribution in [3.63, 3.8) is 0 Å². The first-order valence-corrected chi connectivity index (χ1v) is 5.90. The third kappa shape index (κ3) is 3.80. The third-order valence-corrected chi connectivity index (χ3v) is 2.57. The Morgan fingerprint density at radius 1 is 1.35 bits per heavy atom. The molecular weight excluding hydrogens is 220 g/mol. The first-order chi connectivity index (χ1) is 7.91. The van der Waals surface area contributed by atoms with Crippen molar-refractivity contribution in [1.82, 2.24) is 20.2 Å². The Morgan fingerprint density at radius 2 is 2.00 bits per heavy atom. The standard InChI is InChI=1S/C11H20N4O2/c1-7(2)5-9(11(16)17)6-15-10(8(3)4)12-13-14-15/h7-9H,5-6H2,1-4H3,(H,16,17). The third-order valence-electron chi connectivity index (χ3n) is 2.57. The summed E-state index contributed by atoms with van der Waals surface area (Å²) in [7, 11) is 0. The highest BCUT2D eigenvalue weighted by atomic mass is 16.4. The summed E-state index contributed by atoms with van der Waals surface area (Å²) in [4.78, 5) is 11.2. The zero-order valence-corrected chi connectivity index (χ0v) is 10.8. The van der Waals surface area contributed by atoms with Crippen LogP contribution in [0.15, 0.2) is 0 Å². The monoisotopic (exact) mass is 240 g/mol. The Balaban J connectivity index is 2.79. The summed E-state index contributed by atoms with van der Waals surface area (Å²) in [6, 6.07) is 0. The molecule has 0 saturated heterocycles. The summed E-state index contributed by atoms with van der Waals surface area (Å²) in [5, 5.41) is 20.5. The van der Waals surface area contributed by atoms with E-state index in [4.69, 9.17) is 5.11 Å². The summed E-state index contributed by atoms with van der Waals surface area (Å²) in [6.07, 6.45) is 0.632. The van der Waals surface area contributed by atoms with Gasteiger partial charge in [-0.2, -0.15) is 0 Å². The van der Waals surface area contributed by atoms with E-state index < -0.39 is 11.9 Å². The Morgan fingerprint density at radius 3 is 2.47 bits per heavy atom. The van der Waals surface area contributed by atoms with E-state index in [-0.39, 0.29) is 5.92 Å². The van der Waals surface area contributed by atoms with E-state index in [2.05, 4.69) is 15.5 Å². The molecule has 1 heterocycles. The number of aromatic nitrogens is 4. The van der Waals surface area contributed by atoms with Crippen molar-refractivity contribution < 1.29 is 9.90 Å². The molecule has 1 atom stereocenters. The predicted octanol–water partition coefficient (Wildman–Crippen LogP) is 1.54. The molecule has 17 heavy (non-hydrogen) atoms. The van der Waals surface area contributed by atoms with Crippen LogP contribution in [0.1, 0.15) is 45.9 Å². The molecule has 0 saturated carbocycles. The molecule has 0 aliphatic rings. The molecule has 6 heteroatoms. The van der Waals surface area contributed by atoms with Gasteiger partial charge in [-0.25, -0.2) is 4.68 Å². The Hall–Kier alpha value is -1.46. The number of hydrogen-bond acceptors (Lipinski definition) is 4. The fourth-order valence-corrected chi connectivity index (χ4v) is 1.79. The topological polar surface area (TPSA) is 80.9 Å². The van der Waals surface area contributed by atoms with Gasteiger partial charge in [-0.05, 0) is 22.8 Å². The van der Waals surface area contributed by atoms with Crippen molar-refractivity contribution in [2.45, 2.75) is 46.6 Å². The molecule has 0 aliphatic heterocycles. The number of carboxylic acid groups (broad SMARTS) is 1. The minimum Gasteiger partial charge on any atom is -0.481 e. The Bertz CT molecular complexity index is 373. The van der Waals surface area contributed by atoms with Crippen LogP contribution in [0, 0.1) is 11.8 Å². The molecule has 1 rings (SSSR count). The van der Waals surface area contributed by atoms with Crippen LogP contribution in [0.2, 0.25) is 0 Å². The number of tetrazole rings is 1. The summed E-state index contributed by atoms with van der Waals surface area (Å²) < 4.78 is 1.60. The Labute approximate surface area is 101 Å². The van der Waals surface area contributed by atoms with Gasteiger partial charge in [0.05, 0.1) is 12.5 Å². The van der Waals surface area contributed by atoms with Crippen LogP contribution in [0.4, 0.5) is 0 Å². The van der Waals surface area contributed by atoms with E-state index in [0.29, 0.717) is 18.9 Å². The van der Waals surface area contributed by atoms with Gasteiger partial charge in [0.2, 0.25) is 0 Å². The lowest BCUT2D eigenvalue weighted by atomic mass is 9.97. The molecule has 0 bridgehead atoms. The van der Waals surface area contributed by atoms with E-state index in [1.807, 2.05) is 27.7 Å². The van der Waals surface area contributed by atoms with Gasteiger partial charge in [-0.15, -0.1) is 5.10 Å². The highest BCUT2D eigenvalue weighted by Crippen LogP contribution is 2.16. The molecule has 0 radical (unpaired) electrons. The first-order valence-electron chi connectivity index (χ1n) is 5.90. The zero-order chi connectivity index (χ0) is 13.0. The molecule has 1 unspecified atom stereocenters. The van der Waals surface area contributed by atoms with E-state index in [1.54, 1.807) is 4.68 Å². The van der Waals surface area contributed by atoms with Crippen molar-refractivity contribution in [2.24, 2.45) is 11.8 Å². The van der Waals surface area contributed by atoms with Crippen LogP contribution >= 0.6 is 0 Å². The number of carboxylic acids is 1. The minimum absolute atomic E-state index is 0.193. The fraction of sp³-hybridized carbons (Fsp3) is 0.818. The van der Waals surface area contributed by atoms with Crippen molar-refractivity contribution in [3.8, 4) is 0 Å². The molecule has 96 valence electrons. The molecule has 0 amide bonds. The van der Waals surface area contributed by atoms with Crippen LogP contribution < -0.4 is 0 Å². The first kappa shape index (κ1) is 13.6. The lowest BCUT2D eigenvalue weighted by Gasteiger charge is -2.15. The average Bonchev–Trinajstić information content (AvgIpc) is 2.63. The second-order valence-corrected chi connectivity index (χ2v) is 5.04. The summed E-state index contributed by atoms with van der Waals surface area (Å²) in [5.41, 5.74) is 0. The lowest BCUT2D eigenvalue weighted by Crippen LogP contribution is -2.24. The van der Waals surface area contributed by atoms with Gasteiger partial charge in [0, 0.05) is 5.92 Å². The molecule has 0 fully saturated rings. The van der Waals surface area contributed by atoms with Crippen molar-refractivity contribution in [3.05, 3.63) is 5.82 Å². The average molecular weight is 240 g/mol. The molecule has 1 aromatic rings. The zero-order valence-electron chi connectivity index (χ0n) is 10.8. The summed E-state index contributed by atoms with van der Waals surface area (Å²) in [5.74, 6) is 0.0495. The second kappa shape index (κ2) is 5.75. The minimum atomic E-state index is -0.788. The smallest absolute Gasteiger partial charge is 0.308 e. The van der Waals surface area contributed by atoms with Crippen LogP contribution in [-0.2, 0) is 11.3 Å². The highest BCUT2D eigenvalue weighted by Gasteiger charge is 2.22. The van der Waals surface area contributed by atoms with Crippen molar-refractivity contribution in [1.29, 1.82) is 0 Å². The Kier molecular flexibility index (Phi) is 4.60. The van der Waals surface area contributed by atoms with Crippen LogP contribution in [0.5, 0.6) is 0 Å². The van der Waals surface area contributed by atoms with E-state index >= 15 is 0 Å². The van der Waals surface area contributed by atoms with Gasteiger partial charge in [-0.3, -0.25) is 4.79 Å². The van der Waals surface area contributed by atoms with Crippen LogP contribution in [-0.4, -0.2) is 31.3 Å². The number of rotatable bonds is 6. The molecule has 0 spiro atoms. The normalized spacial score (nSPS) is 13.3. The van der Waals surface area contributed by atoms with Crippen LogP contribution in [0.25, 0.3) is 0 Å². The maximum Gasteiger partial charge on any atom is 0.308 e. The highest BCUT2D eigenvalue weighted by molar-refractivity contribution is 5.69. The molecule has 0 aromatic carbocycles. The van der Waals surface area contributed by atoms with Crippen molar-refractivity contribution >= 4 is 5.97 Å². The largest absolute Gasteiger partial charge is 0.481 e. The van der Waals surface area contributed by atoms with Gasteiger partial charge < -0.3 is 5.11 Å². The molecule has 0 aliphatic carbocycles. The van der Waals surface area contributed by atoms with E-state index in [9.17, 15) is 4.79 Å². The molecular formula is C11H20N4O2. The van der Waals surface area contributed by atoms with Gasteiger partial charge in [-0.1, -0.05) is 27.7 Å². The predicted molar refractivity (Wildman–Crippen MR) is 62.5 cm³/mol. The molecule has 1 aromatic heterocycles. The summed E-state index contributed by atoms with van der Waals surface area (Å²) in [6.45, 7) is 8.34. The number of aliphatic carboxylic acids is 1. The van der Waals surface area contributed by atoms with Crippen LogP contribution in [0.3, 0.4) is 0 Å². The van der Waals surface area contributed by atoms with E-state index in [0.717, 1.165) is 5.82 Å². The number of nitrogens with zero attached hydrogens (tertiary/aromatic N) is 4.